The third-order valence-corrected chi connectivity index (χ3v) is 5.85. The lowest BCUT2D eigenvalue weighted by Gasteiger charge is -2.32. The quantitative estimate of drug-likeness (QED) is 0.841. The molecular weight excluding hydrogens is 300 g/mol. The van der Waals surface area contributed by atoms with Crippen LogP contribution in [0.2, 0.25) is 0 Å². The van der Waals surface area contributed by atoms with Crippen molar-refractivity contribution in [2.75, 3.05) is 19.6 Å². The van der Waals surface area contributed by atoms with E-state index in [1.807, 2.05) is 24.1 Å². The van der Waals surface area contributed by atoms with Gasteiger partial charge in [0.05, 0.1) is 12.1 Å². The Balaban J connectivity index is 1.61. The maximum absolute atomic E-state index is 12.8. The Morgan fingerprint density at radius 3 is 2.79 bits per heavy atom. The van der Waals surface area contributed by atoms with Crippen molar-refractivity contribution >= 4 is 5.91 Å². The fourth-order valence-electron chi connectivity index (χ4n) is 4.79. The minimum absolute atomic E-state index is 0.0201. The second-order valence-corrected chi connectivity index (χ2v) is 8.34. The summed E-state index contributed by atoms with van der Waals surface area (Å²) in [7, 11) is 1.93. The fraction of sp³-hybridized carbons (Fsp3) is 0.789. The zero-order valence-electron chi connectivity index (χ0n) is 15.3. The van der Waals surface area contributed by atoms with Crippen LogP contribution in [0.25, 0.3) is 0 Å². The van der Waals surface area contributed by atoms with E-state index >= 15 is 0 Å². The number of carbonyl (C=O) groups excluding carboxylic acids is 1. The van der Waals surface area contributed by atoms with Gasteiger partial charge in [-0.3, -0.25) is 9.48 Å². The standard InChI is InChI=1S/C19H32N4O/c1-14(2)8-19(6-4-5-7-19)13-21-18(24)17-11-20-10-16(17)15-9-22-23(3)12-15/h9,12,14,16-17,20H,4-8,10-11,13H2,1-3H3,(H,21,24)/t16-,17+/m1/s1. The Morgan fingerprint density at radius 1 is 1.42 bits per heavy atom. The number of nitrogens with one attached hydrogen (secondary N) is 2. The van der Waals surface area contributed by atoms with Crippen molar-refractivity contribution in [1.29, 1.82) is 0 Å². The van der Waals surface area contributed by atoms with Gasteiger partial charge in [0.1, 0.15) is 0 Å². The summed E-state index contributed by atoms with van der Waals surface area (Å²) >= 11 is 0. The van der Waals surface area contributed by atoms with Crippen LogP contribution in [-0.2, 0) is 11.8 Å². The van der Waals surface area contributed by atoms with Crippen molar-refractivity contribution < 1.29 is 4.79 Å². The average molecular weight is 332 g/mol. The van der Waals surface area contributed by atoms with Crippen LogP contribution in [-0.4, -0.2) is 35.3 Å². The molecule has 0 spiro atoms. The predicted molar refractivity (Wildman–Crippen MR) is 95.7 cm³/mol. The molecule has 3 rings (SSSR count). The number of aromatic nitrogens is 2. The molecule has 2 fully saturated rings. The molecule has 1 aliphatic heterocycles. The number of amides is 1. The van der Waals surface area contributed by atoms with Crippen molar-refractivity contribution in [3.8, 4) is 0 Å². The van der Waals surface area contributed by atoms with E-state index in [1.54, 1.807) is 0 Å². The van der Waals surface area contributed by atoms with Gasteiger partial charge in [0.25, 0.3) is 0 Å². The van der Waals surface area contributed by atoms with Crippen molar-refractivity contribution in [3.05, 3.63) is 18.0 Å². The lowest BCUT2D eigenvalue weighted by Crippen LogP contribution is -2.41. The van der Waals surface area contributed by atoms with E-state index in [-0.39, 0.29) is 17.7 Å². The second-order valence-electron chi connectivity index (χ2n) is 8.34. The molecule has 5 heteroatoms. The van der Waals surface area contributed by atoms with Crippen LogP contribution in [0.5, 0.6) is 0 Å². The molecule has 1 saturated heterocycles. The molecule has 5 nitrogen and oxygen atoms in total. The minimum atomic E-state index is 0.0201. The number of nitrogens with zero attached hydrogens (tertiary/aromatic N) is 2. The lowest BCUT2D eigenvalue weighted by atomic mass is 9.78. The summed E-state index contributed by atoms with van der Waals surface area (Å²) in [5.41, 5.74) is 1.50. The van der Waals surface area contributed by atoms with E-state index in [2.05, 4.69) is 29.6 Å². The summed E-state index contributed by atoms with van der Waals surface area (Å²) in [6.45, 7) is 7.06. The van der Waals surface area contributed by atoms with Gasteiger partial charge in [0.2, 0.25) is 5.91 Å². The van der Waals surface area contributed by atoms with Crippen LogP contribution in [0, 0.1) is 17.3 Å². The normalized spacial score (nSPS) is 26.2. The molecule has 1 aromatic rings. The maximum atomic E-state index is 12.8. The molecule has 24 heavy (non-hydrogen) atoms. The predicted octanol–water partition coefficient (Wildman–Crippen LogP) is 2.45. The van der Waals surface area contributed by atoms with Gasteiger partial charge in [-0.1, -0.05) is 26.7 Å². The van der Waals surface area contributed by atoms with E-state index in [1.165, 1.54) is 37.7 Å². The van der Waals surface area contributed by atoms with Gasteiger partial charge < -0.3 is 10.6 Å². The van der Waals surface area contributed by atoms with Crippen molar-refractivity contribution in [2.24, 2.45) is 24.3 Å². The number of rotatable bonds is 6. The summed E-state index contributed by atoms with van der Waals surface area (Å²) in [6.07, 6.45) is 10.3. The molecule has 1 saturated carbocycles. The third kappa shape index (κ3) is 3.82. The summed E-state index contributed by atoms with van der Waals surface area (Å²) in [4.78, 5) is 12.8. The second kappa shape index (κ2) is 7.26. The van der Waals surface area contributed by atoms with E-state index < -0.39 is 0 Å². The van der Waals surface area contributed by atoms with Crippen LogP contribution in [0.4, 0.5) is 0 Å². The van der Waals surface area contributed by atoms with Crippen LogP contribution in [0.3, 0.4) is 0 Å². The van der Waals surface area contributed by atoms with Gasteiger partial charge in [0.15, 0.2) is 0 Å². The number of aryl methyl sites for hydroxylation is 1. The molecule has 2 aliphatic rings. The third-order valence-electron chi connectivity index (χ3n) is 5.85. The van der Waals surface area contributed by atoms with Gasteiger partial charge in [-0.25, -0.2) is 0 Å². The van der Waals surface area contributed by atoms with Gasteiger partial charge in [-0.2, -0.15) is 5.10 Å². The average Bonchev–Trinajstić information content (AvgIpc) is 3.24. The maximum Gasteiger partial charge on any atom is 0.225 e. The molecule has 134 valence electrons. The van der Waals surface area contributed by atoms with Crippen LogP contribution >= 0.6 is 0 Å². The monoisotopic (exact) mass is 332 g/mol. The van der Waals surface area contributed by atoms with Crippen LogP contribution < -0.4 is 10.6 Å². The Kier molecular flexibility index (Phi) is 5.28. The summed E-state index contributed by atoms with van der Waals surface area (Å²) in [5, 5.41) is 11.0. The van der Waals surface area contributed by atoms with Crippen LogP contribution in [0.1, 0.15) is 57.4 Å². The Bertz CT molecular complexity index is 559. The van der Waals surface area contributed by atoms with Gasteiger partial charge in [-0.15, -0.1) is 0 Å². The highest BCUT2D eigenvalue weighted by atomic mass is 16.1. The van der Waals surface area contributed by atoms with E-state index in [9.17, 15) is 4.79 Å². The van der Waals surface area contributed by atoms with E-state index in [0.29, 0.717) is 11.3 Å². The molecule has 1 aromatic heterocycles. The van der Waals surface area contributed by atoms with Crippen molar-refractivity contribution in [1.82, 2.24) is 20.4 Å². The lowest BCUT2D eigenvalue weighted by molar-refractivity contribution is -0.125. The largest absolute Gasteiger partial charge is 0.355 e. The molecule has 1 aliphatic carbocycles. The zero-order valence-corrected chi connectivity index (χ0v) is 15.3. The topological polar surface area (TPSA) is 59.0 Å². The smallest absolute Gasteiger partial charge is 0.225 e. The molecule has 2 N–H and O–H groups in total. The van der Waals surface area contributed by atoms with Crippen LogP contribution in [0.15, 0.2) is 12.4 Å². The van der Waals surface area contributed by atoms with Crippen molar-refractivity contribution in [3.63, 3.8) is 0 Å². The first-order chi connectivity index (χ1) is 11.5. The highest BCUT2D eigenvalue weighted by Crippen LogP contribution is 2.42. The number of hydrogen-bond donors (Lipinski definition) is 2. The van der Waals surface area contributed by atoms with Crippen molar-refractivity contribution in [2.45, 2.75) is 51.9 Å². The molecule has 0 aromatic carbocycles. The first-order valence-electron chi connectivity index (χ1n) is 9.46. The zero-order chi connectivity index (χ0) is 17.2. The first-order valence-corrected chi connectivity index (χ1v) is 9.46. The molecule has 0 radical (unpaired) electrons. The summed E-state index contributed by atoms with van der Waals surface area (Å²) in [6, 6.07) is 0. The first kappa shape index (κ1) is 17.5. The highest BCUT2D eigenvalue weighted by Gasteiger charge is 2.38. The molecule has 0 bridgehead atoms. The minimum Gasteiger partial charge on any atom is -0.355 e. The van der Waals surface area contributed by atoms with Gasteiger partial charge in [-0.05, 0) is 36.2 Å². The van der Waals surface area contributed by atoms with Gasteiger partial charge in [0, 0.05) is 38.8 Å². The Morgan fingerprint density at radius 2 is 2.17 bits per heavy atom. The number of hydrogen-bond acceptors (Lipinski definition) is 3. The molecule has 1 amide bonds. The van der Waals surface area contributed by atoms with E-state index in [0.717, 1.165) is 19.6 Å². The number of carbonyl (C=O) groups is 1. The molecule has 2 heterocycles. The molecule has 0 unspecified atom stereocenters. The summed E-state index contributed by atoms with van der Waals surface area (Å²) in [5.74, 6) is 1.16. The summed E-state index contributed by atoms with van der Waals surface area (Å²) < 4.78 is 1.82. The van der Waals surface area contributed by atoms with Gasteiger partial charge >= 0.3 is 0 Å². The SMILES string of the molecule is CC(C)CC1(CNC(=O)[C@H]2CNC[C@@H]2c2cnn(C)c2)CCCC1. The Hall–Kier alpha value is -1.36. The molecular formula is C19H32N4O. The highest BCUT2D eigenvalue weighted by molar-refractivity contribution is 5.80. The van der Waals surface area contributed by atoms with E-state index in [4.69, 9.17) is 0 Å². The fourth-order valence-corrected chi connectivity index (χ4v) is 4.79. The Labute approximate surface area is 145 Å². The molecule has 2 atom stereocenters.